The topological polar surface area (TPSA) is 56.0 Å². The molecule has 0 heterocycles. The lowest BCUT2D eigenvalue weighted by atomic mass is 9.88. The average Bonchev–Trinajstić information content (AvgIpc) is 2.39. The molecule has 92 valence electrons. The van der Waals surface area contributed by atoms with Crippen molar-refractivity contribution in [2.75, 3.05) is 13.2 Å². The van der Waals surface area contributed by atoms with E-state index in [2.05, 4.69) is 25.2 Å². The molecule has 1 aromatic rings. The lowest BCUT2D eigenvalue weighted by Gasteiger charge is -2.25. The van der Waals surface area contributed by atoms with Crippen LogP contribution in [-0.2, 0) is 6.54 Å². The van der Waals surface area contributed by atoms with E-state index in [-0.39, 0.29) is 12.0 Å². The summed E-state index contributed by atoms with van der Waals surface area (Å²) in [5.74, 6) is 0. The van der Waals surface area contributed by atoms with Gasteiger partial charge in [0.2, 0.25) is 0 Å². The largest absolute Gasteiger partial charge is 0.396 e. The number of nitrogens with zero attached hydrogens (tertiary/aromatic N) is 1. The van der Waals surface area contributed by atoms with Crippen LogP contribution >= 0.6 is 0 Å². The third-order valence-electron chi connectivity index (χ3n) is 3.17. The molecule has 1 aromatic carbocycles. The van der Waals surface area contributed by atoms with Gasteiger partial charge < -0.3 is 10.4 Å². The summed E-state index contributed by atoms with van der Waals surface area (Å²) in [5, 5.41) is 21.4. The molecule has 0 radical (unpaired) electrons. The van der Waals surface area contributed by atoms with Gasteiger partial charge in [-0.1, -0.05) is 26.0 Å². The number of hydrogen-bond acceptors (Lipinski definition) is 3. The molecule has 0 spiro atoms. The summed E-state index contributed by atoms with van der Waals surface area (Å²) in [5.41, 5.74) is 1.72. The van der Waals surface area contributed by atoms with Gasteiger partial charge in [-0.3, -0.25) is 0 Å². The van der Waals surface area contributed by atoms with Gasteiger partial charge in [0.25, 0.3) is 0 Å². The van der Waals surface area contributed by atoms with E-state index in [9.17, 15) is 5.11 Å². The van der Waals surface area contributed by atoms with Crippen molar-refractivity contribution < 1.29 is 5.11 Å². The summed E-state index contributed by atoms with van der Waals surface area (Å²) in [6.45, 7) is 5.83. The zero-order chi connectivity index (χ0) is 12.7. The lowest BCUT2D eigenvalue weighted by molar-refractivity contribution is 0.135. The summed E-state index contributed by atoms with van der Waals surface area (Å²) < 4.78 is 0. The molecule has 0 amide bonds. The van der Waals surface area contributed by atoms with E-state index in [0.29, 0.717) is 5.56 Å². The minimum Gasteiger partial charge on any atom is -0.396 e. The fraction of sp³-hybridized carbons (Fsp3) is 0.500. The molecule has 2 N–H and O–H groups in total. The molecule has 0 aromatic heterocycles. The first-order chi connectivity index (χ1) is 8.13. The lowest BCUT2D eigenvalue weighted by Crippen LogP contribution is -2.34. The van der Waals surface area contributed by atoms with Crippen molar-refractivity contribution in [1.82, 2.24) is 5.32 Å². The van der Waals surface area contributed by atoms with Crippen molar-refractivity contribution >= 4 is 0 Å². The Balaban J connectivity index is 2.48. The maximum atomic E-state index is 9.28. The first-order valence-corrected chi connectivity index (χ1v) is 5.94. The molecule has 1 rings (SSSR count). The van der Waals surface area contributed by atoms with Crippen molar-refractivity contribution in [2.24, 2.45) is 5.41 Å². The van der Waals surface area contributed by atoms with Gasteiger partial charge in [-0.25, -0.2) is 0 Å². The van der Waals surface area contributed by atoms with Gasteiger partial charge in [-0.15, -0.1) is 0 Å². The molecule has 17 heavy (non-hydrogen) atoms. The summed E-state index contributed by atoms with van der Waals surface area (Å²) in [6.07, 6.45) is 0.939. The number of aliphatic hydroxyl groups is 1. The number of aliphatic hydroxyl groups excluding tert-OH is 1. The van der Waals surface area contributed by atoms with E-state index in [1.54, 1.807) is 6.07 Å². The average molecular weight is 232 g/mol. The summed E-state index contributed by atoms with van der Waals surface area (Å²) >= 11 is 0. The SMILES string of the molecule is CCC(C)(CO)CNCc1cccc(C#N)c1. The van der Waals surface area contributed by atoms with Crippen molar-refractivity contribution in [2.45, 2.75) is 26.8 Å². The molecule has 0 aliphatic carbocycles. The maximum Gasteiger partial charge on any atom is 0.0991 e. The molecule has 1 atom stereocenters. The molecule has 3 heteroatoms. The van der Waals surface area contributed by atoms with Gasteiger partial charge >= 0.3 is 0 Å². The molecule has 0 aliphatic rings. The number of benzene rings is 1. The van der Waals surface area contributed by atoms with Crippen LogP contribution in [0.5, 0.6) is 0 Å². The smallest absolute Gasteiger partial charge is 0.0991 e. The van der Waals surface area contributed by atoms with Gasteiger partial charge in [-0.2, -0.15) is 5.26 Å². The Morgan fingerprint density at radius 2 is 2.24 bits per heavy atom. The highest BCUT2D eigenvalue weighted by atomic mass is 16.3. The standard InChI is InChI=1S/C14H20N2O/c1-3-14(2,11-17)10-16-9-13-6-4-5-12(7-13)8-15/h4-7,16-17H,3,9-11H2,1-2H3. The molecule has 0 bridgehead atoms. The number of hydrogen-bond donors (Lipinski definition) is 2. The van der Waals surface area contributed by atoms with Crippen LogP contribution in [0.3, 0.4) is 0 Å². The van der Waals surface area contributed by atoms with E-state index in [4.69, 9.17) is 5.26 Å². The highest BCUT2D eigenvalue weighted by Gasteiger charge is 2.19. The van der Waals surface area contributed by atoms with Crippen LogP contribution in [0.1, 0.15) is 31.4 Å². The monoisotopic (exact) mass is 232 g/mol. The van der Waals surface area contributed by atoms with E-state index < -0.39 is 0 Å². The predicted molar refractivity (Wildman–Crippen MR) is 68.3 cm³/mol. The molecule has 0 saturated heterocycles. The molecule has 0 fully saturated rings. The van der Waals surface area contributed by atoms with E-state index in [1.807, 2.05) is 18.2 Å². The Morgan fingerprint density at radius 1 is 1.47 bits per heavy atom. The Bertz CT molecular complexity index is 391. The van der Waals surface area contributed by atoms with Crippen molar-refractivity contribution in [1.29, 1.82) is 5.26 Å². The molecular formula is C14H20N2O. The quantitative estimate of drug-likeness (QED) is 0.789. The Labute approximate surface area is 103 Å². The van der Waals surface area contributed by atoms with Gasteiger partial charge in [0.1, 0.15) is 0 Å². The minimum absolute atomic E-state index is 0.0627. The van der Waals surface area contributed by atoms with E-state index >= 15 is 0 Å². The highest BCUT2D eigenvalue weighted by Crippen LogP contribution is 2.18. The van der Waals surface area contributed by atoms with Gasteiger partial charge in [0, 0.05) is 25.1 Å². The summed E-state index contributed by atoms with van der Waals surface area (Å²) in [6, 6.07) is 9.70. The number of rotatable bonds is 6. The van der Waals surface area contributed by atoms with Crippen molar-refractivity contribution in [3.8, 4) is 6.07 Å². The minimum atomic E-state index is -0.0627. The van der Waals surface area contributed by atoms with Crippen LogP contribution in [0.15, 0.2) is 24.3 Å². The second-order valence-corrected chi connectivity index (χ2v) is 4.74. The van der Waals surface area contributed by atoms with Crippen LogP contribution in [0, 0.1) is 16.7 Å². The van der Waals surface area contributed by atoms with Crippen LogP contribution in [0.25, 0.3) is 0 Å². The molecule has 1 unspecified atom stereocenters. The second-order valence-electron chi connectivity index (χ2n) is 4.74. The number of nitrogens with one attached hydrogen (secondary N) is 1. The fourth-order valence-electron chi connectivity index (χ4n) is 1.55. The third-order valence-corrected chi connectivity index (χ3v) is 3.17. The normalized spacial score (nSPS) is 14.0. The molecule has 3 nitrogen and oxygen atoms in total. The highest BCUT2D eigenvalue weighted by molar-refractivity contribution is 5.32. The van der Waals surface area contributed by atoms with Gasteiger partial charge in [0.15, 0.2) is 0 Å². The van der Waals surface area contributed by atoms with Crippen LogP contribution in [0.4, 0.5) is 0 Å². The number of nitriles is 1. The van der Waals surface area contributed by atoms with Crippen LogP contribution < -0.4 is 5.32 Å². The van der Waals surface area contributed by atoms with Gasteiger partial charge in [0.05, 0.1) is 11.6 Å². The zero-order valence-corrected chi connectivity index (χ0v) is 10.5. The van der Waals surface area contributed by atoms with Gasteiger partial charge in [-0.05, 0) is 24.1 Å². The molecule has 0 saturated carbocycles. The van der Waals surface area contributed by atoms with Crippen LogP contribution in [-0.4, -0.2) is 18.3 Å². The summed E-state index contributed by atoms with van der Waals surface area (Å²) in [4.78, 5) is 0. The molecule has 0 aliphatic heterocycles. The second kappa shape index (κ2) is 6.39. The fourth-order valence-corrected chi connectivity index (χ4v) is 1.55. The Kier molecular flexibility index (Phi) is 5.14. The first kappa shape index (κ1) is 13.7. The van der Waals surface area contributed by atoms with Crippen LogP contribution in [0.2, 0.25) is 0 Å². The Hall–Kier alpha value is -1.37. The van der Waals surface area contributed by atoms with Crippen molar-refractivity contribution in [3.05, 3.63) is 35.4 Å². The Morgan fingerprint density at radius 3 is 2.82 bits per heavy atom. The first-order valence-electron chi connectivity index (χ1n) is 5.94. The predicted octanol–water partition coefficient (Wildman–Crippen LogP) is 2.06. The van der Waals surface area contributed by atoms with Crippen molar-refractivity contribution in [3.63, 3.8) is 0 Å². The van der Waals surface area contributed by atoms with E-state index in [0.717, 1.165) is 25.1 Å². The third kappa shape index (κ3) is 4.18. The molecular weight excluding hydrogens is 212 g/mol. The zero-order valence-electron chi connectivity index (χ0n) is 10.5. The van der Waals surface area contributed by atoms with E-state index in [1.165, 1.54) is 0 Å². The maximum absolute atomic E-state index is 9.28. The summed E-state index contributed by atoms with van der Waals surface area (Å²) in [7, 11) is 0.